The van der Waals surface area contributed by atoms with Gasteiger partial charge in [-0.2, -0.15) is 0 Å². The summed E-state index contributed by atoms with van der Waals surface area (Å²) in [6.45, 7) is 2.11. The maximum atomic E-state index is 10.7. The first-order valence-electron chi connectivity index (χ1n) is 9.78. The molecule has 0 radical (unpaired) electrons. The molecule has 1 aromatic heterocycles. The summed E-state index contributed by atoms with van der Waals surface area (Å²) in [6, 6.07) is 15.7. The van der Waals surface area contributed by atoms with Gasteiger partial charge in [-0.05, 0) is 42.3 Å². The van der Waals surface area contributed by atoms with Crippen molar-refractivity contribution in [1.82, 2.24) is 9.88 Å². The van der Waals surface area contributed by atoms with E-state index in [4.69, 9.17) is 14.2 Å². The second-order valence-electron chi connectivity index (χ2n) is 7.33. The zero-order valence-electron chi connectivity index (χ0n) is 16.7. The molecule has 4 rings (SSSR count). The number of aromatic nitrogens is 1. The number of hydrogen-bond acceptors (Lipinski definition) is 6. The lowest BCUT2D eigenvalue weighted by atomic mass is 10.0. The van der Waals surface area contributed by atoms with Crippen LogP contribution in [0.1, 0.15) is 12.0 Å². The minimum absolute atomic E-state index is 0.229. The van der Waals surface area contributed by atoms with Crippen LogP contribution < -0.4 is 14.2 Å². The van der Waals surface area contributed by atoms with Crippen molar-refractivity contribution in [3.05, 3.63) is 60.3 Å². The normalized spacial score (nSPS) is 19.8. The molecule has 0 unspecified atom stereocenters. The van der Waals surface area contributed by atoms with E-state index in [0.717, 1.165) is 53.2 Å². The molecule has 6 heteroatoms. The van der Waals surface area contributed by atoms with E-state index in [1.165, 1.54) is 0 Å². The van der Waals surface area contributed by atoms with E-state index in [1.807, 2.05) is 48.5 Å². The van der Waals surface area contributed by atoms with Gasteiger partial charge in [-0.25, -0.2) is 0 Å². The highest BCUT2D eigenvalue weighted by Gasteiger charge is 2.29. The number of likely N-dealkylation sites (tertiary alicyclic amines) is 1. The molecule has 6 nitrogen and oxygen atoms in total. The van der Waals surface area contributed by atoms with E-state index < -0.39 is 6.10 Å². The first kappa shape index (κ1) is 19.5. The number of fused-ring (bicyclic) bond motifs is 1. The SMILES string of the molecule is COc1cc(CN2CC[C@@H](Oc3ccc4cccnc4c3)[C@H](O)C2)cc(OC)c1. The number of benzene rings is 2. The number of aliphatic hydroxyl groups is 1. The smallest absolute Gasteiger partial charge is 0.127 e. The van der Waals surface area contributed by atoms with Gasteiger partial charge in [-0.3, -0.25) is 9.88 Å². The Balaban J connectivity index is 1.39. The number of methoxy groups -OCH3 is 2. The van der Waals surface area contributed by atoms with E-state index in [0.29, 0.717) is 6.54 Å². The Hall–Kier alpha value is -2.83. The van der Waals surface area contributed by atoms with E-state index in [1.54, 1.807) is 20.4 Å². The molecule has 1 aliphatic heterocycles. The first-order chi connectivity index (χ1) is 14.1. The highest BCUT2D eigenvalue weighted by atomic mass is 16.5. The lowest BCUT2D eigenvalue weighted by Crippen LogP contribution is -2.48. The van der Waals surface area contributed by atoms with E-state index >= 15 is 0 Å². The van der Waals surface area contributed by atoms with E-state index in [2.05, 4.69) is 9.88 Å². The average Bonchev–Trinajstić information content (AvgIpc) is 2.75. The van der Waals surface area contributed by atoms with Gasteiger partial charge in [0.15, 0.2) is 0 Å². The van der Waals surface area contributed by atoms with Gasteiger partial charge in [0.25, 0.3) is 0 Å². The van der Waals surface area contributed by atoms with Gasteiger partial charge in [0.05, 0.1) is 19.7 Å². The highest BCUT2D eigenvalue weighted by Crippen LogP contribution is 2.26. The maximum Gasteiger partial charge on any atom is 0.127 e. The number of piperidine rings is 1. The van der Waals surface area contributed by atoms with Gasteiger partial charge < -0.3 is 19.3 Å². The molecule has 2 atom stereocenters. The van der Waals surface area contributed by atoms with Crippen molar-refractivity contribution in [2.24, 2.45) is 0 Å². The fraction of sp³-hybridized carbons (Fsp3) is 0.348. The van der Waals surface area contributed by atoms with Crippen molar-refractivity contribution < 1.29 is 19.3 Å². The largest absolute Gasteiger partial charge is 0.497 e. The number of ether oxygens (including phenoxy) is 3. The van der Waals surface area contributed by atoms with Gasteiger partial charge in [-0.15, -0.1) is 0 Å². The number of nitrogens with zero attached hydrogens (tertiary/aromatic N) is 2. The highest BCUT2D eigenvalue weighted by molar-refractivity contribution is 5.79. The van der Waals surface area contributed by atoms with Crippen LogP contribution in [0.15, 0.2) is 54.7 Å². The Kier molecular flexibility index (Phi) is 5.83. The second-order valence-corrected chi connectivity index (χ2v) is 7.33. The van der Waals surface area contributed by atoms with Gasteiger partial charge in [0, 0.05) is 43.4 Å². The Morgan fingerprint density at radius 3 is 2.55 bits per heavy atom. The predicted molar refractivity (Wildman–Crippen MR) is 112 cm³/mol. The van der Waals surface area contributed by atoms with Crippen LogP contribution in [0.25, 0.3) is 10.9 Å². The number of aliphatic hydroxyl groups excluding tert-OH is 1. The molecule has 2 aromatic carbocycles. The molecule has 0 saturated carbocycles. The molecule has 0 spiro atoms. The standard InChI is InChI=1S/C23H26N2O4/c1-27-19-10-16(11-20(12-19)28-2)14-25-9-7-23(22(26)15-25)29-18-6-5-17-4-3-8-24-21(17)13-18/h3-6,8,10-13,22-23,26H,7,9,14-15H2,1-2H3/t22-,23-/m1/s1. The quantitative estimate of drug-likeness (QED) is 0.692. The topological polar surface area (TPSA) is 64.1 Å². The van der Waals surface area contributed by atoms with Crippen LogP contribution in [0.4, 0.5) is 0 Å². The van der Waals surface area contributed by atoms with Gasteiger partial charge in [0.1, 0.15) is 29.5 Å². The number of rotatable bonds is 6. The van der Waals surface area contributed by atoms with Gasteiger partial charge in [-0.1, -0.05) is 6.07 Å². The minimum Gasteiger partial charge on any atom is -0.497 e. The van der Waals surface area contributed by atoms with Crippen LogP contribution in [0, 0.1) is 0 Å². The fourth-order valence-corrected chi connectivity index (χ4v) is 3.77. The molecule has 152 valence electrons. The zero-order chi connectivity index (χ0) is 20.2. The summed E-state index contributed by atoms with van der Waals surface area (Å²) in [6.07, 6.45) is 1.73. The maximum absolute atomic E-state index is 10.7. The summed E-state index contributed by atoms with van der Waals surface area (Å²) in [4.78, 5) is 6.59. The first-order valence-corrected chi connectivity index (χ1v) is 9.78. The molecule has 0 aliphatic carbocycles. The fourth-order valence-electron chi connectivity index (χ4n) is 3.77. The number of β-amino-alcohol motifs (C(OH)–C–C–N with tert-alkyl or cyclic N) is 1. The van der Waals surface area contributed by atoms with Crippen LogP contribution in [0.3, 0.4) is 0 Å². The molecule has 2 heterocycles. The summed E-state index contributed by atoms with van der Waals surface area (Å²) >= 11 is 0. The van der Waals surface area contributed by atoms with Crippen LogP contribution >= 0.6 is 0 Å². The van der Waals surface area contributed by atoms with Gasteiger partial charge >= 0.3 is 0 Å². The van der Waals surface area contributed by atoms with E-state index in [9.17, 15) is 5.11 Å². The third kappa shape index (κ3) is 4.60. The molecule has 0 bridgehead atoms. The van der Waals surface area contributed by atoms with E-state index in [-0.39, 0.29) is 6.10 Å². The molecular weight excluding hydrogens is 368 g/mol. The lowest BCUT2D eigenvalue weighted by molar-refractivity contribution is -0.0274. The molecule has 0 amide bonds. The van der Waals surface area contributed by atoms with Crippen LogP contribution in [-0.2, 0) is 6.54 Å². The molecule has 3 aromatic rings. The lowest BCUT2D eigenvalue weighted by Gasteiger charge is -2.36. The van der Waals surface area contributed by atoms with Gasteiger partial charge in [0.2, 0.25) is 0 Å². The van der Waals surface area contributed by atoms with Crippen molar-refractivity contribution in [2.45, 2.75) is 25.2 Å². The summed E-state index contributed by atoms with van der Waals surface area (Å²) in [7, 11) is 3.29. The van der Waals surface area contributed by atoms with Crippen LogP contribution in [-0.4, -0.2) is 54.5 Å². The Morgan fingerprint density at radius 2 is 1.83 bits per heavy atom. The molecule has 1 fully saturated rings. The van der Waals surface area contributed by atoms with Crippen molar-refractivity contribution >= 4 is 10.9 Å². The summed E-state index contributed by atoms with van der Waals surface area (Å²) < 4.78 is 16.8. The van der Waals surface area contributed by atoms with Crippen molar-refractivity contribution in [3.8, 4) is 17.2 Å². The minimum atomic E-state index is -0.560. The summed E-state index contributed by atoms with van der Waals surface area (Å²) in [5.41, 5.74) is 1.98. The van der Waals surface area contributed by atoms with Crippen molar-refractivity contribution in [1.29, 1.82) is 0 Å². The second kappa shape index (κ2) is 8.68. The summed E-state index contributed by atoms with van der Waals surface area (Å²) in [5.74, 6) is 2.28. The monoisotopic (exact) mass is 394 g/mol. The molecule has 1 aliphatic rings. The third-order valence-corrected chi connectivity index (χ3v) is 5.29. The summed E-state index contributed by atoms with van der Waals surface area (Å²) in [5, 5.41) is 11.7. The van der Waals surface area contributed by atoms with Crippen molar-refractivity contribution in [2.75, 3.05) is 27.3 Å². The molecule has 1 saturated heterocycles. The third-order valence-electron chi connectivity index (χ3n) is 5.29. The van der Waals surface area contributed by atoms with Crippen LogP contribution in [0.5, 0.6) is 17.2 Å². The number of hydrogen-bond donors (Lipinski definition) is 1. The van der Waals surface area contributed by atoms with Crippen LogP contribution in [0.2, 0.25) is 0 Å². The number of pyridine rings is 1. The molecular formula is C23H26N2O4. The Bertz CT molecular complexity index is 956. The molecule has 1 N–H and O–H groups in total. The average molecular weight is 394 g/mol. The zero-order valence-corrected chi connectivity index (χ0v) is 16.7. The Labute approximate surface area is 170 Å². The Morgan fingerprint density at radius 1 is 1.03 bits per heavy atom. The van der Waals surface area contributed by atoms with Crippen molar-refractivity contribution in [3.63, 3.8) is 0 Å². The molecule has 29 heavy (non-hydrogen) atoms. The predicted octanol–water partition coefficient (Wildman–Crippen LogP) is 3.27.